The number of rotatable bonds is 3. The number of alkyl halides is 3. The molecule has 1 aliphatic rings. The van der Waals surface area contributed by atoms with Crippen LogP contribution in [-0.2, 0) is 0 Å². The van der Waals surface area contributed by atoms with Crippen LogP contribution < -0.4 is 0 Å². The lowest BCUT2D eigenvalue weighted by Gasteiger charge is -2.13. The fraction of sp³-hybridized carbons (Fsp3) is 1.00. The lowest BCUT2D eigenvalue weighted by molar-refractivity contribution is 0.00428. The highest BCUT2D eigenvalue weighted by molar-refractivity contribution is 9.09. The average molecular weight is 241 g/mol. The first-order valence-corrected chi connectivity index (χ1v) is 5.59. The topological polar surface area (TPSA) is 0 Å². The summed E-state index contributed by atoms with van der Waals surface area (Å²) in [5.74, 6) is -1.58. The molecule has 0 aromatic carbocycles. The predicted molar refractivity (Wildman–Crippen MR) is 49.9 cm³/mol. The van der Waals surface area contributed by atoms with Crippen LogP contribution in [0.25, 0.3) is 0 Å². The summed E-state index contributed by atoms with van der Waals surface area (Å²) in [4.78, 5) is 0. The van der Waals surface area contributed by atoms with E-state index in [2.05, 4.69) is 22.9 Å². The van der Waals surface area contributed by atoms with E-state index in [-0.39, 0.29) is 18.8 Å². The average Bonchev–Trinajstić information content (AvgIpc) is 2.30. The van der Waals surface area contributed by atoms with Gasteiger partial charge in [-0.2, -0.15) is 0 Å². The van der Waals surface area contributed by atoms with Gasteiger partial charge in [0, 0.05) is 18.2 Å². The van der Waals surface area contributed by atoms with Gasteiger partial charge < -0.3 is 0 Å². The van der Waals surface area contributed by atoms with Gasteiger partial charge in [0.15, 0.2) is 0 Å². The van der Waals surface area contributed by atoms with Crippen LogP contribution in [0.5, 0.6) is 0 Å². The molecule has 1 rings (SSSR count). The van der Waals surface area contributed by atoms with Crippen molar-refractivity contribution < 1.29 is 8.78 Å². The van der Waals surface area contributed by atoms with Crippen LogP contribution in [0.3, 0.4) is 0 Å². The second kappa shape index (κ2) is 4.03. The molecular weight excluding hydrogens is 226 g/mol. The standard InChI is InChI=1S/C9H15BrF2/c1-7(6-10)4-8-2-3-9(11,12)5-8/h7-8H,2-6H2,1H3. The molecule has 0 spiro atoms. The van der Waals surface area contributed by atoms with E-state index >= 15 is 0 Å². The van der Waals surface area contributed by atoms with Crippen LogP contribution in [0.1, 0.15) is 32.6 Å². The Bertz CT molecular complexity index is 147. The molecule has 0 N–H and O–H groups in total. The van der Waals surface area contributed by atoms with Crippen molar-refractivity contribution in [2.45, 2.75) is 38.5 Å². The third-order valence-electron chi connectivity index (χ3n) is 2.50. The molecule has 0 aliphatic heterocycles. The van der Waals surface area contributed by atoms with E-state index in [9.17, 15) is 8.78 Å². The normalized spacial score (nSPS) is 30.5. The number of halogens is 3. The lowest BCUT2D eigenvalue weighted by Crippen LogP contribution is -2.11. The monoisotopic (exact) mass is 240 g/mol. The Labute approximate surface area is 80.9 Å². The van der Waals surface area contributed by atoms with Crippen molar-refractivity contribution in [3.8, 4) is 0 Å². The van der Waals surface area contributed by atoms with Crippen molar-refractivity contribution in [3.63, 3.8) is 0 Å². The molecular formula is C9H15BrF2. The molecule has 1 saturated carbocycles. The van der Waals surface area contributed by atoms with Crippen LogP contribution in [-0.4, -0.2) is 11.3 Å². The van der Waals surface area contributed by atoms with Crippen molar-refractivity contribution in [1.82, 2.24) is 0 Å². The van der Waals surface area contributed by atoms with Crippen molar-refractivity contribution in [3.05, 3.63) is 0 Å². The van der Waals surface area contributed by atoms with Gasteiger partial charge in [-0.05, 0) is 24.7 Å². The summed E-state index contributed by atoms with van der Waals surface area (Å²) in [6.07, 6.45) is 1.88. The van der Waals surface area contributed by atoms with Crippen LogP contribution in [0.2, 0.25) is 0 Å². The molecule has 72 valence electrons. The van der Waals surface area contributed by atoms with E-state index in [1.165, 1.54) is 0 Å². The second-order valence-corrected chi connectivity index (χ2v) is 4.61. The molecule has 0 nitrogen and oxygen atoms in total. The molecule has 0 heterocycles. The summed E-state index contributed by atoms with van der Waals surface area (Å²) in [5.41, 5.74) is 0. The maximum atomic E-state index is 12.7. The fourth-order valence-electron chi connectivity index (χ4n) is 1.87. The zero-order valence-electron chi connectivity index (χ0n) is 7.32. The largest absolute Gasteiger partial charge is 0.248 e. The number of hydrogen-bond donors (Lipinski definition) is 0. The van der Waals surface area contributed by atoms with Gasteiger partial charge in [0.05, 0.1) is 0 Å². The Balaban J connectivity index is 2.28. The minimum Gasteiger partial charge on any atom is -0.207 e. The molecule has 2 unspecified atom stereocenters. The minimum atomic E-state index is -2.36. The van der Waals surface area contributed by atoms with Crippen LogP contribution in [0, 0.1) is 11.8 Å². The van der Waals surface area contributed by atoms with Crippen molar-refractivity contribution in [1.29, 1.82) is 0 Å². The molecule has 0 aromatic rings. The minimum absolute atomic E-state index is 0.104. The van der Waals surface area contributed by atoms with Crippen LogP contribution >= 0.6 is 15.9 Å². The lowest BCUT2D eigenvalue weighted by atomic mass is 9.96. The molecule has 12 heavy (non-hydrogen) atoms. The van der Waals surface area contributed by atoms with Gasteiger partial charge in [-0.1, -0.05) is 22.9 Å². The van der Waals surface area contributed by atoms with Gasteiger partial charge in [-0.3, -0.25) is 0 Å². The quantitative estimate of drug-likeness (QED) is 0.658. The second-order valence-electron chi connectivity index (χ2n) is 3.96. The van der Waals surface area contributed by atoms with E-state index in [0.717, 1.165) is 11.8 Å². The maximum absolute atomic E-state index is 12.7. The van der Waals surface area contributed by atoms with Crippen LogP contribution in [0.15, 0.2) is 0 Å². The predicted octanol–water partition coefficient (Wildman–Crippen LogP) is 3.84. The third-order valence-corrected chi connectivity index (χ3v) is 3.61. The molecule has 0 aromatic heterocycles. The van der Waals surface area contributed by atoms with Crippen molar-refractivity contribution >= 4 is 15.9 Å². The van der Waals surface area contributed by atoms with E-state index in [1.807, 2.05) is 0 Å². The van der Waals surface area contributed by atoms with Gasteiger partial charge in [0.2, 0.25) is 5.92 Å². The SMILES string of the molecule is CC(CBr)CC1CCC(F)(F)C1. The molecule has 1 aliphatic carbocycles. The molecule has 1 fully saturated rings. The molecule has 3 heteroatoms. The molecule has 2 atom stereocenters. The highest BCUT2D eigenvalue weighted by Gasteiger charge is 2.39. The molecule has 0 saturated heterocycles. The Morgan fingerprint density at radius 1 is 1.58 bits per heavy atom. The fourth-order valence-corrected chi connectivity index (χ4v) is 2.14. The van der Waals surface area contributed by atoms with Gasteiger partial charge in [0.25, 0.3) is 0 Å². The van der Waals surface area contributed by atoms with Gasteiger partial charge in [-0.15, -0.1) is 0 Å². The Hall–Kier alpha value is 0.340. The Morgan fingerprint density at radius 2 is 2.25 bits per heavy atom. The number of hydrogen-bond acceptors (Lipinski definition) is 0. The first kappa shape index (κ1) is 10.4. The highest BCUT2D eigenvalue weighted by Crippen LogP contribution is 2.41. The zero-order chi connectivity index (χ0) is 9.19. The van der Waals surface area contributed by atoms with E-state index in [1.54, 1.807) is 0 Å². The smallest absolute Gasteiger partial charge is 0.207 e. The summed E-state index contributed by atoms with van der Waals surface area (Å²) < 4.78 is 25.5. The van der Waals surface area contributed by atoms with E-state index < -0.39 is 5.92 Å². The summed E-state index contributed by atoms with van der Waals surface area (Å²) in [5, 5.41) is 0.926. The van der Waals surface area contributed by atoms with Gasteiger partial charge in [-0.25, -0.2) is 8.78 Å². The van der Waals surface area contributed by atoms with E-state index in [4.69, 9.17) is 0 Å². The highest BCUT2D eigenvalue weighted by atomic mass is 79.9. The maximum Gasteiger partial charge on any atom is 0.248 e. The molecule has 0 radical (unpaired) electrons. The molecule has 0 bridgehead atoms. The summed E-state index contributed by atoms with van der Waals surface area (Å²) in [6.45, 7) is 2.10. The van der Waals surface area contributed by atoms with Crippen molar-refractivity contribution in [2.75, 3.05) is 5.33 Å². The Kier molecular flexibility index (Phi) is 3.50. The summed E-state index contributed by atoms with van der Waals surface area (Å²) in [6, 6.07) is 0. The summed E-state index contributed by atoms with van der Waals surface area (Å²) in [7, 11) is 0. The summed E-state index contributed by atoms with van der Waals surface area (Å²) >= 11 is 3.36. The first-order valence-electron chi connectivity index (χ1n) is 4.47. The third kappa shape index (κ3) is 3.00. The zero-order valence-corrected chi connectivity index (χ0v) is 8.91. The van der Waals surface area contributed by atoms with Gasteiger partial charge in [0.1, 0.15) is 0 Å². The van der Waals surface area contributed by atoms with E-state index in [0.29, 0.717) is 12.3 Å². The van der Waals surface area contributed by atoms with Crippen LogP contribution in [0.4, 0.5) is 8.78 Å². The first-order chi connectivity index (χ1) is 5.53. The van der Waals surface area contributed by atoms with Gasteiger partial charge >= 0.3 is 0 Å². The molecule has 0 amide bonds. The Morgan fingerprint density at radius 3 is 2.67 bits per heavy atom. The van der Waals surface area contributed by atoms with Crippen molar-refractivity contribution in [2.24, 2.45) is 11.8 Å².